The highest BCUT2D eigenvalue weighted by Gasteiger charge is 2.30. The number of aromatic nitrogens is 1. The van der Waals surface area contributed by atoms with Crippen LogP contribution in [0.15, 0.2) is 0 Å². The standard InChI is InChI=1S/C15H26N2S3/c1-6-16-9-11-13(15(3,4)5)17-14(20-11)12-10(2)18-7-8-19-12/h10,12,16H,6-9H2,1-5H3. The fraction of sp³-hybridized carbons (Fsp3) is 0.800. The molecule has 0 radical (unpaired) electrons. The average Bonchev–Trinajstić information content (AvgIpc) is 2.80. The summed E-state index contributed by atoms with van der Waals surface area (Å²) in [5.41, 5.74) is 1.43. The van der Waals surface area contributed by atoms with Gasteiger partial charge in [-0.25, -0.2) is 4.98 Å². The third-order valence-electron chi connectivity index (χ3n) is 3.39. The van der Waals surface area contributed by atoms with Crippen molar-refractivity contribution in [1.29, 1.82) is 0 Å². The van der Waals surface area contributed by atoms with E-state index in [1.807, 2.05) is 11.3 Å². The van der Waals surface area contributed by atoms with E-state index in [1.165, 1.54) is 27.1 Å². The van der Waals surface area contributed by atoms with E-state index in [1.54, 1.807) is 0 Å². The molecule has 2 rings (SSSR count). The Balaban J connectivity index is 2.27. The number of rotatable bonds is 4. The van der Waals surface area contributed by atoms with Gasteiger partial charge < -0.3 is 5.32 Å². The molecule has 1 aromatic heterocycles. The summed E-state index contributed by atoms with van der Waals surface area (Å²) in [5, 5.41) is 6.06. The summed E-state index contributed by atoms with van der Waals surface area (Å²) in [4.78, 5) is 6.48. The van der Waals surface area contributed by atoms with Crippen molar-refractivity contribution in [3.63, 3.8) is 0 Å². The van der Waals surface area contributed by atoms with Gasteiger partial charge in [0.15, 0.2) is 0 Å². The molecule has 0 saturated carbocycles. The molecule has 1 aromatic rings. The minimum atomic E-state index is 0.134. The predicted molar refractivity (Wildman–Crippen MR) is 95.3 cm³/mol. The molecule has 1 aliphatic rings. The Labute approximate surface area is 135 Å². The van der Waals surface area contributed by atoms with E-state index in [0.29, 0.717) is 10.5 Å². The van der Waals surface area contributed by atoms with Crippen LogP contribution < -0.4 is 5.32 Å². The maximum absolute atomic E-state index is 5.05. The number of nitrogens with one attached hydrogen (secondary N) is 1. The monoisotopic (exact) mass is 330 g/mol. The van der Waals surface area contributed by atoms with Crippen LogP contribution in [-0.2, 0) is 12.0 Å². The third-order valence-corrected chi connectivity index (χ3v) is 7.78. The van der Waals surface area contributed by atoms with E-state index in [4.69, 9.17) is 4.98 Å². The number of thiazole rings is 1. The summed E-state index contributed by atoms with van der Waals surface area (Å²) >= 11 is 6.11. The van der Waals surface area contributed by atoms with Crippen molar-refractivity contribution in [3.05, 3.63) is 15.6 Å². The highest BCUT2D eigenvalue weighted by atomic mass is 32.2. The van der Waals surface area contributed by atoms with Crippen LogP contribution in [0.1, 0.15) is 55.4 Å². The van der Waals surface area contributed by atoms with Crippen molar-refractivity contribution >= 4 is 34.9 Å². The maximum Gasteiger partial charge on any atom is 0.107 e. The van der Waals surface area contributed by atoms with Gasteiger partial charge in [-0.2, -0.15) is 11.8 Å². The Kier molecular flexibility index (Phi) is 5.86. The highest BCUT2D eigenvalue weighted by Crippen LogP contribution is 2.45. The van der Waals surface area contributed by atoms with Crippen LogP contribution in [0.2, 0.25) is 0 Å². The van der Waals surface area contributed by atoms with E-state index in [2.05, 4.69) is 63.5 Å². The van der Waals surface area contributed by atoms with Gasteiger partial charge in [0.25, 0.3) is 0 Å². The molecule has 2 unspecified atom stereocenters. The van der Waals surface area contributed by atoms with Crippen molar-refractivity contribution in [2.45, 2.75) is 57.1 Å². The van der Waals surface area contributed by atoms with E-state index in [9.17, 15) is 0 Å². The van der Waals surface area contributed by atoms with Gasteiger partial charge in [0.05, 0.1) is 10.9 Å². The highest BCUT2D eigenvalue weighted by molar-refractivity contribution is 8.06. The lowest BCUT2D eigenvalue weighted by atomic mass is 9.91. The summed E-state index contributed by atoms with van der Waals surface area (Å²) in [6.45, 7) is 13.3. The van der Waals surface area contributed by atoms with Crippen LogP contribution in [0, 0.1) is 0 Å². The van der Waals surface area contributed by atoms with Gasteiger partial charge in [0.1, 0.15) is 5.01 Å². The van der Waals surface area contributed by atoms with Crippen molar-refractivity contribution in [1.82, 2.24) is 10.3 Å². The van der Waals surface area contributed by atoms with Crippen molar-refractivity contribution in [2.75, 3.05) is 18.1 Å². The molecule has 0 amide bonds. The summed E-state index contributed by atoms with van der Waals surface area (Å²) < 4.78 is 0. The molecule has 1 aliphatic heterocycles. The molecular formula is C15H26N2S3. The molecule has 0 aliphatic carbocycles. The number of nitrogens with zero attached hydrogens (tertiary/aromatic N) is 1. The van der Waals surface area contributed by atoms with Crippen LogP contribution in [0.5, 0.6) is 0 Å². The van der Waals surface area contributed by atoms with Crippen LogP contribution >= 0.6 is 34.9 Å². The van der Waals surface area contributed by atoms with E-state index < -0.39 is 0 Å². The first-order valence-corrected chi connectivity index (χ1v) is 10.3. The Morgan fingerprint density at radius 1 is 1.25 bits per heavy atom. The largest absolute Gasteiger partial charge is 0.312 e. The zero-order valence-electron chi connectivity index (χ0n) is 13.2. The van der Waals surface area contributed by atoms with E-state index >= 15 is 0 Å². The first-order chi connectivity index (χ1) is 9.43. The second-order valence-electron chi connectivity index (χ2n) is 6.22. The second kappa shape index (κ2) is 7.03. The number of hydrogen-bond donors (Lipinski definition) is 1. The summed E-state index contributed by atoms with van der Waals surface area (Å²) in [5.74, 6) is 2.54. The normalized spacial score (nSPS) is 24.1. The van der Waals surface area contributed by atoms with Crippen LogP contribution in [0.3, 0.4) is 0 Å². The lowest BCUT2D eigenvalue weighted by Crippen LogP contribution is -2.19. The zero-order chi connectivity index (χ0) is 14.8. The molecule has 0 aromatic carbocycles. The molecular weight excluding hydrogens is 304 g/mol. The minimum absolute atomic E-state index is 0.134. The SMILES string of the molecule is CCNCc1sc(C2SCCSC2C)nc1C(C)(C)C. The molecule has 20 heavy (non-hydrogen) atoms. The lowest BCUT2D eigenvalue weighted by molar-refractivity contribution is 0.558. The van der Waals surface area contributed by atoms with Crippen molar-refractivity contribution < 1.29 is 0 Å². The number of hydrogen-bond acceptors (Lipinski definition) is 5. The molecule has 0 bridgehead atoms. The van der Waals surface area contributed by atoms with E-state index in [0.717, 1.165) is 13.1 Å². The summed E-state index contributed by atoms with van der Waals surface area (Å²) in [6.07, 6.45) is 0. The topological polar surface area (TPSA) is 24.9 Å². The van der Waals surface area contributed by atoms with Crippen LogP contribution in [0.4, 0.5) is 0 Å². The van der Waals surface area contributed by atoms with E-state index in [-0.39, 0.29) is 5.41 Å². The molecule has 1 N–H and O–H groups in total. The molecule has 0 spiro atoms. The van der Waals surface area contributed by atoms with Crippen LogP contribution in [-0.4, -0.2) is 28.3 Å². The molecule has 114 valence electrons. The Morgan fingerprint density at radius 2 is 1.95 bits per heavy atom. The minimum Gasteiger partial charge on any atom is -0.312 e. The van der Waals surface area contributed by atoms with Gasteiger partial charge in [-0.3, -0.25) is 0 Å². The Bertz CT molecular complexity index is 437. The molecule has 2 nitrogen and oxygen atoms in total. The summed E-state index contributed by atoms with van der Waals surface area (Å²) in [7, 11) is 0. The predicted octanol–water partition coefficient (Wildman–Crippen LogP) is 4.46. The zero-order valence-corrected chi connectivity index (χ0v) is 15.6. The van der Waals surface area contributed by atoms with Gasteiger partial charge in [0, 0.05) is 33.6 Å². The molecule has 1 fully saturated rings. The smallest absolute Gasteiger partial charge is 0.107 e. The number of thioether (sulfide) groups is 2. The molecule has 1 saturated heterocycles. The second-order valence-corrected chi connectivity index (χ2v) is 10.1. The molecule has 5 heteroatoms. The molecule has 2 heterocycles. The van der Waals surface area contributed by atoms with Gasteiger partial charge in [-0.1, -0.05) is 34.6 Å². The maximum atomic E-state index is 5.05. The lowest BCUT2D eigenvalue weighted by Gasteiger charge is -2.26. The van der Waals surface area contributed by atoms with Crippen LogP contribution in [0.25, 0.3) is 0 Å². The first kappa shape index (κ1) is 16.7. The van der Waals surface area contributed by atoms with Crippen molar-refractivity contribution in [2.24, 2.45) is 0 Å². The van der Waals surface area contributed by atoms with Gasteiger partial charge >= 0.3 is 0 Å². The summed E-state index contributed by atoms with van der Waals surface area (Å²) in [6, 6.07) is 0. The Morgan fingerprint density at radius 3 is 2.55 bits per heavy atom. The van der Waals surface area contributed by atoms with Gasteiger partial charge in [-0.15, -0.1) is 23.1 Å². The van der Waals surface area contributed by atoms with Crippen molar-refractivity contribution in [3.8, 4) is 0 Å². The fourth-order valence-corrected chi connectivity index (χ4v) is 6.74. The van der Waals surface area contributed by atoms with Gasteiger partial charge in [-0.05, 0) is 6.54 Å². The molecule has 2 atom stereocenters. The average molecular weight is 331 g/mol. The Hall–Kier alpha value is 0.290. The fourth-order valence-electron chi connectivity index (χ4n) is 2.34. The first-order valence-electron chi connectivity index (χ1n) is 7.37. The van der Waals surface area contributed by atoms with Gasteiger partial charge in [0.2, 0.25) is 0 Å². The third kappa shape index (κ3) is 3.93. The quantitative estimate of drug-likeness (QED) is 0.881.